The molecule has 0 radical (unpaired) electrons. The molecule has 1 fully saturated rings. The van der Waals surface area contributed by atoms with Gasteiger partial charge in [0.2, 0.25) is 5.91 Å². The first-order chi connectivity index (χ1) is 10.6. The molecule has 22 heavy (non-hydrogen) atoms. The van der Waals surface area contributed by atoms with Crippen LogP contribution in [0.25, 0.3) is 0 Å². The van der Waals surface area contributed by atoms with Gasteiger partial charge >= 0.3 is 0 Å². The molecule has 1 aliphatic heterocycles. The van der Waals surface area contributed by atoms with Crippen LogP contribution in [0.4, 0.5) is 5.69 Å². The number of morpholine rings is 1. The van der Waals surface area contributed by atoms with Crippen molar-refractivity contribution in [3.8, 4) is 0 Å². The van der Waals surface area contributed by atoms with Crippen LogP contribution in [-0.2, 0) is 9.53 Å². The second kappa shape index (κ2) is 8.76. The average molecular weight is 305 g/mol. The Balaban J connectivity index is 1.59. The fourth-order valence-corrected chi connectivity index (χ4v) is 2.65. The van der Waals surface area contributed by atoms with Gasteiger partial charge in [-0.3, -0.25) is 9.69 Å². The van der Waals surface area contributed by atoms with Crippen molar-refractivity contribution in [1.82, 2.24) is 10.2 Å². The highest BCUT2D eigenvalue weighted by Crippen LogP contribution is 2.10. The molecule has 122 valence electrons. The zero-order valence-corrected chi connectivity index (χ0v) is 13.6. The molecule has 0 bridgehead atoms. The van der Waals surface area contributed by atoms with E-state index >= 15 is 0 Å². The molecule has 1 unspecified atom stereocenters. The number of ether oxygens (including phenoxy) is 1. The molecule has 2 rings (SSSR count). The van der Waals surface area contributed by atoms with E-state index in [1.165, 1.54) is 5.69 Å². The topological polar surface area (TPSA) is 44.8 Å². The van der Waals surface area contributed by atoms with Gasteiger partial charge in [-0.05, 0) is 25.5 Å². The fourth-order valence-electron chi connectivity index (χ4n) is 2.65. The number of amides is 1. The third kappa shape index (κ3) is 5.66. The highest BCUT2D eigenvalue weighted by molar-refractivity contribution is 5.78. The van der Waals surface area contributed by atoms with Gasteiger partial charge in [0.05, 0.1) is 19.3 Å². The Labute approximate surface area is 133 Å². The van der Waals surface area contributed by atoms with Crippen LogP contribution in [0.1, 0.15) is 13.3 Å². The molecule has 0 spiro atoms. The third-order valence-electron chi connectivity index (χ3n) is 3.88. The molecule has 1 aliphatic rings. The van der Waals surface area contributed by atoms with E-state index in [-0.39, 0.29) is 12.0 Å². The monoisotopic (exact) mass is 305 g/mol. The van der Waals surface area contributed by atoms with Gasteiger partial charge in [0, 0.05) is 38.9 Å². The van der Waals surface area contributed by atoms with E-state index in [9.17, 15) is 4.79 Å². The lowest BCUT2D eigenvalue weighted by atomic mass is 10.3. The molecule has 5 heteroatoms. The Bertz CT molecular complexity index is 452. The number of hydrogen-bond acceptors (Lipinski definition) is 4. The zero-order valence-electron chi connectivity index (χ0n) is 13.6. The predicted octanol–water partition coefficient (Wildman–Crippen LogP) is 1.35. The van der Waals surface area contributed by atoms with Gasteiger partial charge in [0.15, 0.2) is 0 Å². The third-order valence-corrected chi connectivity index (χ3v) is 3.88. The van der Waals surface area contributed by atoms with Crippen molar-refractivity contribution in [2.24, 2.45) is 0 Å². The van der Waals surface area contributed by atoms with Gasteiger partial charge in [-0.15, -0.1) is 0 Å². The molecule has 0 aromatic heterocycles. The SMILES string of the molecule is CC1CN(CC(=O)NCCCN(C)c2ccccc2)CCO1. The van der Waals surface area contributed by atoms with Crippen LogP contribution in [0.2, 0.25) is 0 Å². The first-order valence-electron chi connectivity index (χ1n) is 8.02. The summed E-state index contributed by atoms with van der Waals surface area (Å²) in [5.41, 5.74) is 1.20. The van der Waals surface area contributed by atoms with Gasteiger partial charge in [-0.1, -0.05) is 18.2 Å². The van der Waals surface area contributed by atoms with Crippen molar-refractivity contribution >= 4 is 11.6 Å². The number of anilines is 1. The maximum absolute atomic E-state index is 11.9. The summed E-state index contributed by atoms with van der Waals surface area (Å²) in [7, 11) is 2.08. The molecule has 5 nitrogen and oxygen atoms in total. The summed E-state index contributed by atoms with van der Waals surface area (Å²) < 4.78 is 5.48. The second-order valence-electron chi connectivity index (χ2n) is 5.88. The number of nitrogens with zero attached hydrogens (tertiary/aromatic N) is 2. The normalized spacial score (nSPS) is 18.9. The summed E-state index contributed by atoms with van der Waals surface area (Å²) in [5, 5.41) is 3.00. The molecular weight excluding hydrogens is 278 g/mol. The minimum atomic E-state index is 0.108. The molecule has 1 atom stereocenters. The lowest BCUT2D eigenvalue weighted by Gasteiger charge is -2.30. The van der Waals surface area contributed by atoms with Crippen LogP contribution < -0.4 is 10.2 Å². The van der Waals surface area contributed by atoms with Crippen molar-refractivity contribution in [2.75, 3.05) is 51.3 Å². The van der Waals surface area contributed by atoms with Gasteiger partial charge in [-0.25, -0.2) is 0 Å². The van der Waals surface area contributed by atoms with Crippen molar-refractivity contribution in [3.05, 3.63) is 30.3 Å². The Hall–Kier alpha value is -1.59. The quantitative estimate of drug-likeness (QED) is 0.773. The number of carbonyl (C=O) groups is 1. The second-order valence-corrected chi connectivity index (χ2v) is 5.88. The summed E-state index contributed by atoms with van der Waals surface area (Å²) in [5.74, 6) is 0.108. The van der Waals surface area contributed by atoms with E-state index < -0.39 is 0 Å². The molecule has 1 aromatic rings. The van der Waals surface area contributed by atoms with Crippen molar-refractivity contribution in [3.63, 3.8) is 0 Å². The van der Waals surface area contributed by atoms with Crippen LogP contribution >= 0.6 is 0 Å². The van der Waals surface area contributed by atoms with E-state index in [0.717, 1.165) is 39.2 Å². The molecule has 1 saturated heterocycles. The molecular formula is C17H27N3O2. The first-order valence-corrected chi connectivity index (χ1v) is 8.02. The number of para-hydroxylation sites is 1. The average Bonchev–Trinajstić information content (AvgIpc) is 2.52. The smallest absolute Gasteiger partial charge is 0.234 e. The Morgan fingerprint density at radius 3 is 2.91 bits per heavy atom. The van der Waals surface area contributed by atoms with Gasteiger partial charge < -0.3 is 15.0 Å². The minimum Gasteiger partial charge on any atom is -0.376 e. The standard InChI is InChI=1S/C17H27N3O2/c1-15-13-20(11-12-22-15)14-17(21)18-9-6-10-19(2)16-7-4-3-5-8-16/h3-5,7-8,15H,6,9-14H2,1-2H3,(H,18,21). The van der Waals surface area contributed by atoms with Crippen molar-refractivity contribution in [2.45, 2.75) is 19.4 Å². The van der Waals surface area contributed by atoms with Crippen LogP contribution in [0.5, 0.6) is 0 Å². The fraction of sp³-hybridized carbons (Fsp3) is 0.588. The van der Waals surface area contributed by atoms with Crippen molar-refractivity contribution < 1.29 is 9.53 Å². The van der Waals surface area contributed by atoms with Gasteiger partial charge in [-0.2, -0.15) is 0 Å². The maximum Gasteiger partial charge on any atom is 0.234 e. The van der Waals surface area contributed by atoms with Crippen LogP contribution in [-0.4, -0.2) is 63.3 Å². The van der Waals surface area contributed by atoms with Gasteiger partial charge in [0.25, 0.3) is 0 Å². The van der Waals surface area contributed by atoms with Crippen molar-refractivity contribution in [1.29, 1.82) is 0 Å². The molecule has 1 amide bonds. The number of benzene rings is 1. The molecule has 0 aliphatic carbocycles. The number of carbonyl (C=O) groups excluding carboxylic acids is 1. The summed E-state index contributed by atoms with van der Waals surface area (Å²) in [6.45, 7) is 6.56. The molecule has 1 heterocycles. The maximum atomic E-state index is 11.9. The molecule has 1 N–H and O–H groups in total. The zero-order chi connectivity index (χ0) is 15.8. The van der Waals surface area contributed by atoms with Crippen LogP contribution in [0.3, 0.4) is 0 Å². The van der Waals surface area contributed by atoms with E-state index in [0.29, 0.717) is 6.54 Å². The number of nitrogens with one attached hydrogen (secondary N) is 1. The predicted molar refractivity (Wildman–Crippen MR) is 89.2 cm³/mol. The van der Waals surface area contributed by atoms with E-state index in [1.807, 2.05) is 25.1 Å². The van der Waals surface area contributed by atoms with E-state index in [2.05, 4.69) is 34.3 Å². The summed E-state index contributed by atoms with van der Waals surface area (Å²) >= 11 is 0. The Morgan fingerprint density at radius 1 is 1.41 bits per heavy atom. The summed E-state index contributed by atoms with van der Waals surface area (Å²) in [6.07, 6.45) is 1.16. The first kappa shape index (κ1) is 16.8. The molecule has 0 saturated carbocycles. The lowest BCUT2D eigenvalue weighted by molar-refractivity contribution is -0.124. The van der Waals surface area contributed by atoms with Crippen LogP contribution in [0.15, 0.2) is 30.3 Å². The highest BCUT2D eigenvalue weighted by atomic mass is 16.5. The Morgan fingerprint density at radius 2 is 2.18 bits per heavy atom. The van der Waals surface area contributed by atoms with Crippen LogP contribution in [0, 0.1) is 0 Å². The number of hydrogen-bond donors (Lipinski definition) is 1. The minimum absolute atomic E-state index is 0.108. The molecule has 1 aromatic carbocycles. The largest absolute Gasteiger partial charge is 0.376 e. The highest BCUT2D eigenvalue weighted by Gasteiger charge is 2.18. The Kier molecular flexibility index (Phi) is 6.68. The number of rotatable bonds is 7. The van der Waals surface area contributed by atoms with Gasteiger partial charge in [0.1, 0.15) is 0 Å². The summed E-state index contributed by atoms with van der Waals surface area (Å²) in [4.78, 5) is 16.3. The van der Waals surface area contributed by atoms with E-state index in [1.54, 1.807) is 0 Å². The lowest BCUT2D eigenvalue weighted by Crippen LogP contribution is -2.46. The van der Waals surface area contributed by atoms with E-state index in [4.69, 9.17) is 4.74 Å². The summed E-state index contributed by atoms with van der Waals surface area (Å²) in [6, 6.07) is 10.3.